The highest BCUT2D eigenvalue weighted by atomic mass is 16.6. The summed E-state index contributed by atoms with van der Waals surface area (Å²) in [5, 5.41) is 20.3. The van der Waals surface area contributed by atoms with Gasteiger partial charge in [0.1, 0.15) is 5.60 Å². The summed E-state index contributed by atoms with van der Waals surface area (Å²) in [4.78, 5) is 18.1. The number of fused-ring (bicyclic) bond motifs is 1. The highest BCUT2D eigenvalue weighted by Crippen LogP contribution is 2.26. The van der Waals surface area contributed by atoms with Crippen LogP contribution >= 0.6 is 0 Å². The van der Waals surface area contributed by atoms with Crippen molar-refractivity contribution in [2.75, 3.05) is 6.54 Å². The summed E-state index contributed by atoms with van der Waals surface area (Å²) in [6.45, 7) is 5.89. The fraction of sp³-hybridized carbons (Fsp3) is 0.500. The number of aromatic nitrogens is 1. The van der Waals surface area contributed by atoms with Gasteiger partial charge in [0, 0.05) is 23.6 Å². The molecule has 1 saturated heterocycles. The molecule has 1 aliphatic heterocycles. The highest BCUT2D eigenvalue weighted by Gasteiger charge is 2.41. The zero-order valence-electron chi connectivity index (χ0n) is 15.8. The number of aliphatic hydroxyl groups excluding tert-OH is 1. The van der Waals surface area contributed by atoms with Gasteiger partial charge in [0.25, 0.3) is 0 Å². The van der Waals surface area contributed by atoms with E-state index in [-0.39, 0.29) is 12.6 Å². The topological polar surface area (TPSA) is 92.1 Å². The smallest absolute Gasteiger partial charge is 0.410 e. The molecule has 1 amide bonds. The molecule has 2 heterocycles. The Bertz CT molecular complexity index is 797. The standard InChI is InChI=1S/C20H26N2O5/c1-20(2,3)27-19(25)22-11-15(10-16(22)18(23)24)26-12-14-7-4-6-13-8-5-9-21-17(13)14/h4-9,15-16,18,23-24H,10-12H2,1-3H3/t15?,16-/m0/s1. The number of pyridine rings is 1. The Balaban J connectivity index is 1.68. The third-order valence-electron chi connectivity index (χ3n) is 4.47. The van der Waals surface area contributed by atoms with E-state index in [0.29, 0.717) is 13.0 Å². The quantitative estimate of drug-likeness (QED) is 0.799. The molecule has 1 aromatic heterocycles. The van der Waals surface area contributed by atoms with Gasteiger partial charge in [0.05, 0.1) is 30.8 Å². The van der Waals surface area contributed by atoms with E-state index in [9.17, 15) is 15.0 Å². The number of para-hydroxylation sites is 1. The monoisotopic (exact) mass is 374 g/mol. The molecule has 0 saturated carbocycles. The second kappa shape index (κ2) is 7.80. The zero-order chi connectivity index (χ0) is 19.6. The lowest BCUT2D eigenvalue weighted by molar-refractivity contribution is -0.0918. The van der Waals surface area contributed by atoms with Gasteiger partial charge >= 0.3 is 6.09 Å². The van der Waals surface area contributed by atoms with E-state index in [1.807, 2.05) is 30.3 Å². The molecule has 7 nitrogen and oxygen atoms in total. The van der Waals surface area contributed by atoms with E-state index in [4.69, 9.17) is 9.47 Å². The number of aliphatic hydroxyl groups is 2. The summed E-state index contributed by atoms with van der Waals surface area (Å²) >= 11 is 0. The van der Waals surface area contributed by atoms with E-state index in [1.54, 1.807) is 27.0 Å². The van der Waals surface area contributed by atoms with Crippen LogP contribution in [0.25, 0.3) is 10.9 Å². The molecule has 1 unspecified atom stereocenters. The Labute approximate surface area is 158 Å². The van der Waals surface area contributed by atoms with Crippen molar-refractivity contribution in [1.82, 2.24) is 9.88 Å². The minimum absolute atomic E-state index is 0.245. The molecule has 3 rings (SSSR count). The Morgan fingerprint density at radius 3 is 2.74 bits per heavy atom. The van der Waals surface area contributed by atoms with Crippen LogP contribution in [-0.2, 0) is 16.1 Å². The molecule has 2 N–H and O–H groups in total. The van der Waals surface area contributed by atoms with E-state index in [2.05, 4.69) is 4.98 Å². The maximum absolute atomic E-state index is 12.4. The van der Waals surface area contributed by atoms with Crippen LogP contribution in [0.4, 0.5) is 4.79 Å². The SMILES string of the molecule is CC(C)(C)OC(=O)N1CC(OCc2cccc3cccnc23)C[C@H]1C(O)O. The minimum atomic E-state index is -1.65. The van der Waals surface area contributed by atoms with Crippen LogP contribution in [-0.4, -0.2) is 56.8 Å². The Kier molecular flexibility index (Phi) is 5.64. The van der Waals surface area contributed by atoms with Crippen molar-refractivity contribution in [3.8, 4) is 0 Å². The summed E-state index contributed by atoms with van der Waals surface area (Å²) in [5.41, 5.74) is 1.17. The number of rotatable bonds is 4. The van der Waals surface area contributed by atoms with Crippen LogP contribution in [0.2, 0.25) is 0 Å². The van der Waals surface area contributed by atoms with Gasteiger partial charge in [0.15, 0.2) is 6.29 Å². The normalized spacial score (nSPS) is 20.4. The van der Waals surface area contributed by atoms with Gasteiger partial charge in [-0.05, 0) is 26.8 Å². The van der Waals surface area contributed by atoms with Crippen molar-refractivity contribution in [2.45, 2.75) is 57.8 Å². The molecule has 1 aliphatic rings. The van der Waals surface area contributed by atoms with E-state index in [1.165, 1.54) is 4.90 Å². The van der Waals surface area contributed by atoms with Gasteiger partial charge in [-0.25, -0.2) is 4.79 Å². The molecule has 1 aromatic carbocycles. The Morgan fingerprint density at radius 2 is 2.04 bits per heavy atom. The summed E-state index contributed by atoms with van der Waals surface area (Å²) in [7, 11) is 0. The van der Waals surface area contributed by atoms with Gasteiger partial charge in [-0.3, -0.25) is 9.88 Å². The molecule has 27 heavy (non-hydrogen) atoms. The molecule has 1 fully saturated rings. The van der Waals surface area contributed by atoms with Crippen molar-refractivity contribution >= 4 is 17.0 Å². The van der Waals surface area contributed by atoms with E-state index in [0.717, 1.165) is 16.5 Å². The first-order valence-corrected chi connectivity index (χ1v) is 9.04. The van der Waals surface area contributed by atoms with Crippen molar-refractivity contribution in [2.24, 2.45) is 0 Å². The number of hydrogen-bond acceptors (Lipinski definition) is 6. The van der Waals surface area contributed by atoms with Crippen LogP contribution in [0, 0.1) is 0 Å². The number of carbonyl (C=O) groups excluding carboxylic acids is 1. The molecule has 146 valence electrons. The molecule has 0 aliphatic carbocycles. The number of nitrogens with zero attached hydrogens (tertiary/aromatic N) is 2. The second-order valence-corrected chi connectivity index (χ2v) is 7.77. The number of benzene rings is 1. The van der Waals surface area contributed by atoms with Crippen LogP contribution < -0.4 is 0 Å². The van der Waals surface area contributed by atoms with Crippen molar-refractivity contribution in [3.63, 3.8) is 0 Å². The van der Waals surface area contributed by atoms with Gasteiger partial charge in [0.2, 0.25) is 0 Å². The average molecular weight is 374 g/mol. The van der Waals surface area contributed by atoms with Crippen LogP contribution in [0.15, 0.2) is 36.5 Å². The first kappa shape index (κ1) is 19.5. The number of hydrogen-bond donors (Lipinski definition) is 2. The third-order valence-corrected chi connectivity index (χ3v) is 4.47. The largest absolute Gasteiger partial charge is 0.444 e. The molecular weight excluding hydrogens is 348 g/mol. The van der Waals surface area contributed by atoms with Crippen LogP contribution in [0.3, 0.4) is 0 Å². The average Bonchev–Trinajstić information content (AvgIpc) is 3.03. The van der Waals surface area contributed by atoms with Crippen molar-refractivity contribution < 1.29 is 24.5 Å². The summed E-state index contributed by atoms with van der Waals surface area (Å²) in [6, 6.07) is 9.01. The summed E-state index contributed by atoms with van der Waals surface area (Å²) < 4.78 is 11.3. The molecular formula is C20H26N2O5. The molecule has 0 spiro atoms. The maximum Gasteiger partial charge on any atom is 0.410 e. The molecule has 2 aromatic rings. The molecule has 0 bridgehead atoms. The minimum Gasteiger partial charge on any atom is -0.444 e. The van der Waals surface area contributed by atoms with Gasteiger partial charge < -0.3 is 19.7 Å². The summed E-state index contributed by atoms with van der Waals surface area (Å²) in [5.74, 6) is 0. The second-order valence-electron chi connectivity index (χ2n) is 7.77. The molecule has 7 heteroatoms. The maximum atomic E-state index is 12.4. The van der Waals surface area contributed by atoms with E-state index < -0.39 is 24.0 Å². The lowest BCUT2D eigenvalue weighted by Gasteiger charge is -2.29. The van der Waals surface area contributed by atoms with Crippen LogP contribution in [0.1, 0.15) is 32.8 Å². The molecule has 2 atom stereocenters. The zero-order valence-corrected chi connectivity index (χ0v) is 15.8. The summed E-state index contributed by atoms with van der Waals surface area (Å²) in [6.07, 6.45) is -0.467. The molecule has 0 radical (unpaired) electrons. The van der Waals surface area contributed by atoms with Crippen molar-refractivity contribution in [1.29, 1.82) is 0 Å². The predicted molar refractivity (Wildman–Crippen MR) is 99.9 cm³/mol. The number of carbonyl (C=O) groups is 1. The number of ether oxygens (including phenoxy) is 2. The first-order valence-electron chi connectivity index (χ1n) is 9.04. The third kappa shape index (κ3) is 4.74. The number of amides is 1. The van der Waals surface area contributed by atoms with Crippen molar-refractivity contribution in [3.05, 3.63) is 42.1 Å². The Morgan fingerprint density at radius 1 is 1.30 bits per heavy atom. The van der Waals surface area contributed by atoms with Gasteiger partial charge in [-0.15, -0.1) is 0 Å². The lowest BCUT2D eigenvalue weighted by atomic mass is 10.1. The predicted octanol–water partition coefficient (Wildman–Crippen LogP) is 2.44. The first-order chi connectivity index (χ1) is 12.7. The lowest BCUT2D eigenvalue weighted by Crippen LogP contribution is -2.45. The van der Waals surface area contributed by atoms with Crippen LogP contribution in [0.5, 0.6) is 0 Å². The fourth-order valence-electron chi connectivity index (χ4n) is 3.25. The highest BCUT2D eigenvalue weighted by molar-refractivity contribution is 5.81. The fourth-order valence-corrected chi connectivity index (χ4v) is 3.25. The van der Waals surface area contributed by atoms with Gasteiger partial charge in [-0.1, -0.05) is 24.3 Å². The number of likely N-dealkylation sites (tertiary alicyclic amines) is 1. The Hall–Kier alpha value is -2.22. The van der Waals surface area contributed by atoms with Gasteiger partial charge in [-0.2, -0.15) is 0 Å². The van der Waals surface area contributed by atoms with E-state index >= 15 is 0 Å².